The van der Waals surface area contributed by atoms with Crippen LogP contribution < -0.4 is 15.8 Å². The highest BCUT2D eigenvalue weighted by Gasteiger charge is 2.14. The molecular formula is C17H22N6O2. The van der Waals surface area contributed by atoms with Crippen LogP contribution in [-0.2, 0) is 11.3 Å². The summed E-state index contributed by atoms with van der Waals surface area (Å²) in [6.45, 7) is 5.30. The van der Waals surface area contributed by atoms with E-state index >= 15 is 0 Å². The molecule has 0 spiro atoms. The molecule has 3 rings (SSSR count). The molecule has 0 atom stereocenters. The summed E-state index contributed by atoms with van der Waals surface area (Å²) in [5, 5.41) is 2.73. The molecule has 1 N–H and O–H groups in total. The monoisotopic (exact) mass is 342 g/mol. The van der Waals surface area contributed by atoms with Crippen LogP contribution in [0.4, 0.5) is 11.6 Å². The summed E-state index contributed by atoms with van der Waals surface area (Å²) >= 11 is 0. The van der Waals surface area contributed by atoms with E-state index in [0.717, 1.165) is 31.7 Å². The van der Waals surface area contributed by atoms with Crippen LogP contribution in [0, 0.1) is 13.8 Å². The largest absolute Gasteiger partial charge is 0.356 e. The lowest BCUT2D eigenvalue weighted by Gasteiger charge is -2.27. The van der Waals surface area contributed by atoms with Crippen molar-refractivity contribution in [1.29, 1.82) is 0 Å². The van der Waals surface area contributed by atoms with Gasteiger partial charge in [0.25, 0.3) is 5.56 Å². The van der Waals surface area contributed by atoms with Crippen LogP contribution >= 0.6 is 0 Å². The molecule has 8 heteroatoms. The third-order valence-electron chi connectivity index (χ3n) is 4.43. The van der Waals surface area contributed by atoms with Crippen LogP contribution in [0.25, 0.3) is 0 Å². The van der Waals surface area contributed by atoms with E-state index < -0.39 is 0 Å². The maximum Gasteiger partial charge on any atom is 0.256 e. The first kappa shape index (κ1) is 17.1. The molecule has 1 fully saturated rings. The highest BCUT2D eigenvalue weighted by Crippen LogP contribution is 2.19. The zero-order valence-corrected chi connectivity index (χ0v) is 14.5. The number of anilines is 2. The van der Waals surface area contributed by atoms with Crippen molar-refractivity contribution in [3.63, 3.8) is 0 Å². The second kappa shape index (κ2) is 7.42. The van der Waals surface area contributed by atoms with Crippen LogP contribution in [0.5, 0.6) is 0 Å². The molecule has 2 aromatic heterocycles. The molecule has 3 heterocycles. The van der Waals surface area contributed by atoms with Crippen molar-refractivity contribution in [1.82, 2.24) is 19.5 Å². The number of rotatable bonds is 4. The summed E-state index contributed by atoms with van der Waals surface area (Å²) in [4.78, 5) is 39.1. The minimum atomic E-state index is -0.324. The Labute approximate surface area is 145 Å². The highest BCUT2D eigenvalue weighted by molar-refractivity contribution is 5.89. The van der Waals surface area contributed by atoms with Gasteiger partial charge in [0, 0.05) is 30.4 Å². The Kier molecular flexibility index (Phi) is 5.06. The van der Waals surface area contributed by atoms with Crippen molar-refractivity contribution in [2.75, 3.05) is 23.3 Å². The highest BCUT2D eigenvalue weighted by atomic mass is 16.2. The first-order valence-corrected chi connectivity index (χ1v) is 8.44. The lowest BCUT2D eigenvalue weighted by atomic mass is 10.1. The van der Waals surface area contributed by atoms with Crippen LogP contribution in [-0.4, -0.2) is 38.5 Å². The third-order valence-corrected chi connectivity index (χ3v) is 4.43. The minimum Gasteiger partial charge on any atom is -0.356 e. The maximum absolute atomic E-state index is 12.2. The molecule has 1 aliphatic rings. The Morgan fingerprint density at radius 2 is 1.92 bits per heavy atom. The Morgan fingerprint density at radius 3 is 2.68 bits per heavy atom. The molecule has 0 unspecified atom stereocenters. The van der Waals surface area contributed by atoms with E-state index in [1.165, 1.54) is 23.6 Å². The number of piperidine rings is 1. The minimum absolute atomic E-state index is 0.101. The van der Waals surface area contributed by atoms with E-state index in [9.17, 15) is 9.59 Å². The standard InChI is InChI=1S/C17H22N6O2/c1-12-13(2)20-11-23(17(12)25)9-16(24)21-14-8-15(19-10-18-14)22-6-4-3-5-7-22/h8,10-11H,3-7,9H2,1-2H3,(H,18,19,21,24). The van der Waals surface area contributed by atoms with Crippen molar-refractivity contribution in [3.8, 4) is 0 Å². The number of hydrogen-bond donors (Lipinski definition) is 1. The van der Waals surface area contributed by atoms with Gasteiger partial charge in [-0.25, -0.2) is 15.0 Å². The zero-order chi connectivity index (χ0) is 17.8. The van der Waals surface area contributed by atoms with E-state index in [1.54, 1.807) is 19.9 Å². The predicted octanol–water partition coefficient (Wildman–Crippen LogP) is 1.28. The van der Waals surface area contributed by atoms with E-state index in [2.05, 4.69) is 25.2 Å². The van der Waals surface area contributed by atoms with E-state index in [4.69, 9.17) is 0 Å². The molecule has 8 nitrogen and oxygen atoms in total. The van der Waals surface area contributed by atoms with E-state index in [1.807, 2.05) is 0 Å². The number of amides is 1. The number of nitrogens with one attached hydrogen (secondary N) is 1. The lowest BCUT2D eigenvalue weighted by Crippen LogP contribution is -2.31. The van der Waals surface area contributed by atoms with Gasteiger partial charge in [0.1, 0.15) is 24.5 Å². The van der Waals surface area contributed by atoms with Crippen LogP contribution in [0.15, 0.2) is 23.5 Å². The Hall–Kier alpha value is -2.77. The first-order valence-electron chi connectivity index (χ1n) is 8.44. The lowest BCUT2D eigenvalue weighted by molar-refractivity contribution is -0.116. The summed E-state index contributed by atoms with van der Waals surface area (Å²) in [6.07, 6.45) is 6.37. The Balaban J connectivity index is 1.69. The zero-order valence-electron chi connectivity index (χ0n) is 14.5. The van der Waals surface area contributed by atoms with Gasteiger partial charge >= 0.3 is 0 Å². The summed E-state index contributed by atoms with van der Waals surface area (Å²) in [7, 11) is 0. The smallest absolute Gasteiger partial charge is 0.256 e. The average molecular weight is 342 g/mol. The number of aryl methyl sites for hydroxylation is 1. The molecule has 1 saturated heterocycles. The normalized spacial score (nSPS) is 14.4. The summed E-state index contributed by atoms with van der Waals surface area (Å²) in [5.41, 5.74) is 1.01. The Bertz CT molecular complexity index is 826. The number of carbonyl (C=O) groups excluding carboxylic acids is 1. The number of aromatic nitrogens is 4. The van der Waals surface area contributed by atoms with Crippen LogP contribution in [0.3, 0.4) is 0 Å². The molecule has 25 heavy (non-hydrogen) atoms. The fourth-order valence-electron chi connectivity index (χ4n) is 2.84. The second-order valence-electron chi connectivity index (χ2n) is 6.25. The third kappa shape index (κ3) is 4.01. The SMILES string of the molecule is Cc1ncn(CC(=O)Nc2cc(N3CCCCC3)ncn2)c(=O)c1C. The van der Waals surface area contributed by atoms with Gasteiger partial charge in [0.05, 0.1) is 6.33 Å². The van der Waals surface area contributed by atoms with Gasteiger partial charge in [-0.15, -0.1) is 0 Å². The van der Waals surface area contributed by atoms with Crippen LogP contribution in [0.2, 0.25) is 0 Å². The van der Waals surface area contributed by atoms with Gasteiger partial charge in [0.2, 0.25) is 5.91 Å². The summed E-state index contributed by atoms with van der Waals surface area (Å²) < 4.78 is 1.30. The quantitative estimate of drug-likeness (QED) is 0.900. The van der Waals surface area contributed by atoms with Gasteiger partial charge in [-0.3, -0.25) is 14.2 Å². The Morgan fingerprint density at radius 1 is 1.16 bits per heavy atom. The van der Waals surface area contributed by atoms with Crippen molar-refractivity contribution in [3.05, 3.63) is 40.3 Å². The first-order chi connectivity index (χ1) is 12.0. The van der Waals surface area contributed by atoms with E-state index in [0.29, 0.717) is 17.1 Å². The second-order valence-corrected chi connectivity index (χ2v) is 6.25. The average Bonchev–Trinajstić information content (AvgIpc) is 2.63. The fourth-order valence-corrected chi connectivity index (χ4v) is 2.84. The fraction of sp³-hybridized carbons (Fsp3) is 0.471. The molecule has 132 valence electrons. The van der Waals surface area contributed by atoms with Crippen LogP contribution in [0.1, 0.15) is 30.5 Å². The molecule has 0 aliphatic carbocycles. The topological polar surface area (TPSA) is 93.0 Å². The molecule has 0 bridgehead atoms. The van der Waals surface area contributed by atoms with Crippen molar-refractivity contribution >= 4 is 17.5 Å². The summed E-state index contributed by atoms with van der Waals surface area (Å²) in [5.74, 6) is 0.927. The molecular weight excluding hydrogens is 320 g/mol. The van der Waals surface area contributed by atoms with Gasteiger partial charge < -0.3 is 10.2 Å². The molecule has 0 radical (unpaired) electrons. The van der Waals surface area contributed by atoms with Crippen molar-refractivity contribution < 1.29 is 4.79 Å². The molecule has 1 amide bonds. The number of nitrogens with zero attached hydrogens (tertiary/aromatic N) is 5. The van der Waals surface area contributed by atoms with E-state index in [-0.39, 0.29) is 18.0 Å². The molecule has 1 aliphatic heterocycles. The van der Waals surface area contributed by atoms with Gasteiger partial charge in [-0.05, 0) is 33.1 Å². The molecule has 2 aromatic rings. The molecule has 0 aromatic carbocycles. The van der Waals surface area contributed by atoms with Gasteiger partial charge in [0.15, 0.2) is 0 Å². The van der Waals surface area contributed by atoms with Crippen molar-refractivity contribution in [2.24, 2.45) is 0 Å². The van der Waals surface area contributed by atoms with Gasteiger partial charge in [-0.1, -0.05) is 0 Å². The number of carbonyl (C=O) groups is 1. The number of hydrogen-bond acceptors (Lipinski definition) is 6. The molecule has 0 saturated carbocycles. The van der Waals surface area contributed by atoms with Gasteiger partial charge in [-0.2, -0.15) is 0 Å². The summed E-state index contributed by atoms with van der Waals surface area (Å²) in [6, 6.07) is 1.77. The van der Waals surface area contributed by atoms with Crippen molar-refractivity contribution in [2.45, 2.75) is 39.7 Å². The maximum atomic E-state index is 12.2. The predicted molar refractivity (Wildman–Crippen MR) is 94.7 cm³/mol.